The van der Waals surface area contributed by atoms with E-state index in [9.17, 15) is 13.2 Å². The molecule has 0 aliphatic rings. The van der Waals surface area contributed by atoms with Gasteiger partial charge < -0.3 is 0 Å². The van der Waals surface area contributed by atoms with Crippen LogP contribution in [-0.2, 0) is 12.6 Å². The van der Waals surface area contributed by atoms with Gasteiger partial charge in [-0.3, -0.25) is 10.1 Å². The van der Waals surface area contributed by atoms with Crippen LogP contribution in [-0.4, -0.2) is 15.2 Å². The number of aromatic nitrogens is 3. The zero-order valence-electron chi connectivity index (χ0n) is 17.0. The summed E-state index contributed by atoms with van der Waals surface area (Å²) in [4.78, 5) is 7.78. The van der Waals surface area contributed by atoms with Crippen molar-refractivity contribution in [2.24, 2.45) is 0 Å². The number of hydrogen-bond donors (Lipinski definition) is 1. The zero-order valence-corrected chi connectivity index (χ0v) is 18.6. The van der Waals surface area contributed by atoms with Gasteiger partial charge in [0.25, 0.3) is 0 Å². The number of alkyl halides is 3. The van der Waals surface area contributed by atoms with Crippen LogP contribution in [0, 0.1) is 0 Å². The van der Waals surface area contributed by atoms with Crippen LogP contribution >= 0.6 is 22.7 Å². The van der Waals surface area contributed by atoms with Crippen molar-refractivity contribution in [3.63, 3.8) is 0 Å². The summed E-state index contributed by atoms with van der Waals surface area (Å²) < 4.78 is 38.6. The third kappa shape index (κ3) is 5.07. The van der Waals surface area contributed by atoms with Gasteiger partial charge in [0.1, 0.15) is 11.4 Å². The summed E-state index contributed by atoms with van der Waals surface area (Å²) in [6, 6.07) is 11.0. The van der Waals surface area contributed by atoms with E-state index < -0.39 is 11.9 Å². The van der Waals surface area contributed by atoms with Crippen LogP contribution in [0.2, 0.25) is 0 Å². The highest BCUT2D eigenvalue weighted by molar-refractivity contribution is 7.23. The third-order valence-corrected chi connectivity index (χ3v) is 7.34. The molecule has 0 atom stereocenters. The fourth-order valence-corrected chi connectivity index (χ4v) is 5.55. The number of unbranched alkanes of at least 4 members (excludes halogenated alkanes) is 3. The molecule has 0 aromatic carbocycles. The Morgan fingerprint density at radius 2 is 1.81 bits per heavy atom. The van der Waals surface area contributed by atoms with Crippen LogP contribution < -0.4 is 0 Å². The van der Waals surface area contributed by atoms with Gasteiger partial charge in [-0.25, -0.2) is 0 Å². The van der Waals surface area contributed by atoms with Crippen molar-refractivity contribution in [1.29, 1.82) is 0 Å². The molecule has 4 heterocycles. The molecule has 0 spiro atoms. The Morgan fingerprint density at radius 1 is 0.968 bits per heavy atom. The number of nitrogens with one attached hydrogen (secondary N) is 1. The van der Waals surface area contributed by atoms with Gasteiger partial charge in [0.2, 0.25) is 0 Å². The number of hydrogen-bond acceptors (Lipinski definition) is 4. The number of pyridine rings is 1. The smallest absolute Gasteiger partial charge is 0.273 e. The summed E-state index contributed by atoms with van der Waals surface area (Å²) in [6.45, 7) is 2.22. The first kappa shape index (κ1) is 21.8. The first-order valence-electron chi connectivity index (χ1n) is 10.2. The molecule has 0 aliphatic heterocycles. The Hall–Kier alpha value is -2.45. The first-order chi connectivity index (χ1) is 15.0. The van der Waals surface area contributed by atoms with E-state index in [2.05, 4.69) is 40.6 Å². The molecule has 0 fully saturated rings. The highest BCUT2D eigenvalue weighted by atomic mass is 32.1. The number of halogens is 3. The van der Waals surface area contributed by atoms with E-state index in [0.717, 1.165) is 22.9 Å². The molecule has 4 aromatic heterocycles. The molecule has 0 saturated heterocycles. The lowest BCUT2D eigenvalue weighted by atomic mass is 10.1. The molecule has 3 nitrogen and oxygen atoms in total. The van der Waals surface area contributed by atoms with Crippen molar-refractivity contribution in [2.75, 3.05) is 0 Å². The van der Waals surface area contributed by atoms with Crippen LogP contribution in [0.5, 0.6) is 0 Å². The van der Waals surface area contributed by atoms with Crippen LogP contribution in [0.4, 0.5) is 13.2 Å². The zero-order chi connectivity index (χ0) is 21.8. The Bertz CT molecular complexity index is 1140. The quantitative estimate of drug-likeness (QED) is 0.270. The number of rotatable bonds is 8. The summed E-state index contributed by atoms with van der Waals surface area (Å²) in [7, 11) is 0. The summed E-state index contributed by atoms with van der Waals surface area (Å²) >= 11 is 3.45. The molecule has 0 radical (unpaired) electrons. The fourth-order valence-electron chi connectivity index (χ4n) is 3.43. The van der Waals surface area contributed by atoms with Crippen molar-refractivity contribution in [3.05, 3.63) is 59.2 Å². The third-order valence-electron chi connectivity index (χ3n) is 5.07. The molecule has 31 heavy (non-hydrogen) atoms. The maximum Gasteiger partial charge on any atom is 0.432 e. The molecule has 0 saturated carbocycles. The van der Waals surface area contributed by atoms with E-state index in [4.69, 9.17) is 0 Å². The van der Waals surface area contributed by atoms with Crippen molar-refractivity contribution in [1.82, 2.24) is 15.2 Å². The SMILES string of the molecule is CCCCCCc1ccsc1-c1ccc(-c2ccnc(-c3cc(C(F)(F)F)[nH]n3)c2)s1. The Kier molecular flexibility index (Phi) is 6.57. The van der Waals surface area contributed by atoms with Gasteiger partial charge in [-0.2, -0.15) is 18.3 Å². The molecule has 8 heteroatoms. The maximum absolute atomic E-state index is 12.9. The second-order valence-electron chi connectivity index (χ2n) is 7.34. The van der Waals surface area contributed by atoms with Crippen LogP contribution in [0.15, 0.2) is 48.0 Å². The van der Waals surface area contributed by atoms with E-state index in [1.807, 2.05) is 11.2 Å². The highest BCUT2D eigenvalue weighted by Gasteiger charge is 2.33. The molecule has 1 N–H and O–H groups in total. The molecule has 4 rings (SSSR count). The first-order valence-corrected chi connectivity index (χ1v) is 11.9. The number of aryl methyl sites for hydroxylation is 1. The number of H-pyrrole nitrogens is 1. The second kappa shape index (κ2) is 9.36. The van der Waals surface area contributed by atoms with E-state index >= 15 is 0 Å². The predicted octanol–water partition coefficient (Wildman–Crippen LogP) is 8.07. The summed E-state index contributed by atoms with van der Waals surface area (Å²) in [5, 5.41) is 7.97. The monoisotopic (exact) mass is 461 g/mol. The molecule has 0 bridgehead atoms. The lowest BCUT2D eigenvalue weighted by Crippen LogP contribution is -2.04. The normalized spacial score (nSPS) is 11.9. The maximum atomic E-state index is 12.9. The average molecular weight is 462 g/mol. The molecular weight excluding hydrogens is 439 g/mol. The standard InChI is InChI=1S/C23H22F3N3S2/c1-2-3-4-5-6-15-10-12-30-22(15)20-8-7-19(31-20)16-9-11-27-17(13-16)18-14-21(29-28-18)23(24,25)26/h7-14H,2-6H2,1H3,(H,28,29). The summed E-state index contributed by atoms with van der Waals surface area (Å²) in [5.41, 5.74) is 2.02. The van der Waals surface area contributed by atoms with Gasteiger partial charge in [0, 0.05) is 20.8 Å². The van der Waals surface area contributed by atoms with E-state index in [-0.39, 0.29) is 5.69 Å². The van der Waals surface area contributed by atoms with Crippen LogP contribution in [0.1, 0.15) is 43.9 Å². The second-order valence-corrected chi connectivity index (χ2v) is 9.34. The van der Waals surface area contributed by atoms with Crippen molar-refractivity contribution >= 4 is 22.7 Å². The molecule has 0 unspecified atom stereocenters. The lowest BCUT2D eigenvalue weighted by Gasteiger charge is -2.03. The molecule has 0 amide bonds. The van der Waals surface area contributed by atoms with Gasteiger partial charge in [-0.15, -0.1) is 22.7 Å². The Balaban J connectivity index is 1.55. The summed E-state index contributed by atoms with van der Waals surface area (Å²) in [6.07, 6.45) is 3.20. The van der Waals surface area contributed by atoms with Crippen molar-refractivity contribution in [2.45, 2.75) is 45.2 Å². The van der Waals surface area contributed by atoms with Gasteiger partial charge in [-0.1, -0.05) is 26.2 Å². The number of aromatic amines is 1. The lowest BCUT2D eigenvalue weighted by molar-refractivity contribution is -0.141. The fraction of sp³-hybridized carbons (Fsp3) is 0.304. The predicted molar refractivity (Wildman–Crippen MR) is 121 cm³/mol. The minimum absolute atomic E-state index is 0.179. The topological polar surface area (TPSA) is 41.6 Å². The molecule has 162 valence electrons. The minimum atomic E-state index is -4.46. The van der Waals surface area contributed by atoms with Gasteiger partial charge in [0.15, 0.2) is 0 Å². The van der Waals surface area contributed by atoms with E-state index in [1.54, 1.807) is 34.9 Å². The molecular formula is C23H22F3N3S2. The van der Waals surface area contributed by atoms with Gasteiger partial charge in [-0.05, 0) is 65.7 Å². The molecule has 0 aliphatic carbocycles. The van der Waals surface area contributed by atoms with Gasteiger partial charge >= 0.3 is 6.18 Å². The highest BCUT2D eigenvalue weighted by Crippen LogP contribution is 2.40. The summed E-state index contributed by atoms with van der Waals surface area (Å²) in [5.74, 6) is 0. The van der Waals surface area contributed by atoms with Crippen LogP contribution in [0.25, 0.3) is 31.6 Å². The van der Waals surface area contributed by atoms with E-state index in [1.165, 1.54) is 41.0 Å². The molecule has 4 aromatic rings. The van der Waals surface area contributed by atoms with Gasteiger partial charge in [0.05, 0.1) is 5.69 Å². The Labute approximate surface area is 187 Å². The average Bonchev–Trinajstić information content (AvgIpc) is 3.51. The van der Waals surface area contributed by atoms with E-state index in [0.29, 0.717) is 5.69 Å². The van der Waals surface area contributed by atoms with Crippen molar-refractivity contribution in [3.8, 4) is 31.6 Å². The van der Waals surface area contributed by atoms with Crippen molar-refractivity contribution < 1.29 is 13.2 Å². The Morgan fingerprint density at radius 3 is 2.58 bits per heavy atom. The number of nitrogens with zero attached hydrogens (tertiary/aromatic N) is 2. The largest absolute Gasteiger partial charge is 0.432 e. The van der Waals surface area contributed by atoms with Crippen LogP contribution in [0.3, 0.4) is 0 Å². The number of thiophene rings is 2. The minimum Gasteiger partial charge on any atom is -0.273 e.